The molecule has 3 rings (SSSR count). The summed E-state index contributed by atoms with van der Waals surface area (Å²) >= 11 is 0. The molecule has 2 aromatic carbocycles. The molecule has 1 atom stereocenters. The molecule has 0 aliphatic rings. The van der Waals surface area contributed by atoms with Crippen molar-refractivity contribution in [1.29, 1.82) is 0 Å². The number of nitrogens with one attached hydrogen (secondary N) is 2. The Morgan fingerprint density at radius 2 is 1.88 bits per heavy atom. The molecule has 0 aliphatic heterocycles. The first kappa shape index (κ1) is 16.2. The number of nitrogens with zero attached hydrogens (tertiary/aromatic N) is 1. The lowest BCUT2D eigenvalue weighted by molar-refractivity contribution is -0.121. The van der Waals surface area contributed by atoms with Crippen molar-refractivity contribution in [1.82, 2.24) is 15.3 Å². The molecular formula is C20H23N3O. The minimum absolute atomic E-state index is 0.105. The SMILES string of the molecule is CC(CNC(=O)CCCc1nc2ccccc2[nH]1)c1ccccc1. The lowest BCUT2D eigenvalue weighted by atomic mass is 10.0. The Labute approximate surface area is 142 Å². The smallest absolute Gasteiger partial charge is 0.220 e. The monoisotopic (exact) mass is 321 g/mol. The predicted octanol–water partition coefficient (Wildman–Crippen LogP) is 3.81. The van der Waals surface area contributed by atoms with E-state index >= 15 is 0 Å². The maximum atomic E-state index is 12.0. The summed E-state index contributed by atoms with van der Waals surface area (Å²) in [7, 11) is 0. The highest BCUT2D eigenvalue weighted by atomic mass is 16.1. The molecule has 1 aromatic heterocycles. The van der Waals surface area contributed by atoms with E-state index in [0.29, 0.717) is 18.9 Å². The molecule has 124 valence electrons. The van der Waals surface area contributed by atoms with Crippen LogP contribution in [0.4, 0.5) is 0 Å². The largest absolute Gasteiger partial charge is 0.356 e. The molecule has 1 heterocycles. The summed E-state index contributed by atoms with van der Waals surface area (Å²) in [6.07, 6.45) is 2.11. The maximum absolute atomic E-state index is 12.0. The number of hydrogen-bond donors (Lipinski definition) is 2. The van der Waals surface area contributed by atoms with Gasteiger partial charge < -0.3 is 10.3 Å². The predicted molar refractivity (Wildman–Crippen MR) is 96.9 cm³/mol. The molecule has 0 bridgehead atoms. The van der Waals surface area contributed by atoms with Crippen LogP contribution in [0.2, 0.25) is 0 Å². The second-order valence-corrected chi connectivity index (χ2v) is 6.17. The van der Waals surface area contributed by atoms with Gasteiger partial charge in [-0.3, -0.25) is 4.79 Å². The summed E-state index contributed by atoms with van der Waals surface area (Å²) in [4.78, 5) is 19.8. The van der Waals surface area contributed by atoms with Crippen LogP contribution in [0, 0.1) is 0 Å². The number of para-hydroxylation sites is 2. The van der Waals surface area contributed by atoms with Gasteiger partial charge in [0, 0.05) is 19.4 Å². The number of imidazole rings is 1. The third kappa shape index (κ3) is 4.22. The van der Waals surface area contributed by atoms with Gasteiger partial charge in [-0.05, 0) is 30.0 Å². The maximum Gasteiger partial charge on any atom is 0.220 e. The Hall–Kier alpha value is -2.62. The van der Waals surface area contributed by atoms with E-state index in [1.54, 1.807) is 0 Å². The molecule has 4 nitrogen and oxygen atoms in total. The highest BCUT2D eigenvalue weighted by molar-refractivity contribution is 5.76. The van der Waals surface area contributed by atoms with Crippen LogP contribution in [-0.2, 0) is 11.2 Å². The molecule has 0 saturated carbocycles. The average Bonchev–Trinajstić information content (AvgIpc) is 3.03. The zero-order valence-electron chi connectivity index (χ0n) is 14.0. The van der Waals surface area contributed by atoms with Gasteiger partial charge in [-0.2, -0.15) is 0 Å². The normalized spacial score (nSPS) is 12.2. The number of benzene rings is 2. The van der Waals surface area contributed by atoms with Crippen molar-refractivity contribution in [2.75, 3.05) is 6.54 Å². The van der Waals surface area contributed by atoms with Crippen LogP contribution in [0.15, 0.2) is 54.6 Å². The highest BCUT2D eigenvalue weighted by Crippen LogP contribution is 2.14. The zero-order chi connectivity index (χ0) is 16.8. The van der Waals surface area contributed by atoms with Gasteiger partial charge in [-0.1, -0.05) is 49.4 Å². The van der Waals surface area contributed by atoms with Gasteiger partial charge in [-0.25, -0.2) is 4.98 Å². The number of carbonyl (C=O) groups is 1. The van der Waals surface area contributed by atoms with E-state index in [4.69, 9.17) is 0 Å². The summed E-state index contributed by atoms with van der Waals surface area (Å²) in [5.74, 6) is 1.38. The minimum Gasteiger partial charge on any atom is -0.356 e. The average molecular weight is 321 g/mol. The van der Waals surface area contributed by atoms with E-state index in [1.807, 2.05) is 42.5 Å². The fourth-order valence-corrected chi connectivity index (χ4v) is 2.80. The van der Waals surface area contributed by atoms with Crippen LogP contribution in [0.3, 0.4) is 0 Å². The van der Waals surface area contributed by atoms with Crippen LogP contribution >= 0.6 is 0 Å². The van der Waals surface area contributed by atoms with Crippen LogP contribution in [0.1, 0.15) is 37.1 Å². The molecule has 0 aliphatic carbocycles. The fraction of sp³-hybridized carbons (Fsp3) is 0.300. The number of fused-ring (bicyclic) bond motifs is 1. The first-order valence-electron chi connectivity index (χ1n) is 8.47. The molecule has 0 fully saturated rings. The second-order valence-electron chi connectivity index (χ2n) is 6.17. The summed E-state index contributed by atoms with van der Waals surface area (Å²) < 4.78 is 0. The standard InChI is InChI=1S/C20H23N3O/c1-15(16-8-3-2-4-9-16)14-21-20(24)13-7-12-19-22-17-10-5-6-11-18(17)23-19/h2-6,8-11,15H,7,12-14H2,1H3,(H,21,24)(H,22,23). The number of H-pyrrole nitrogens is 1. The van der Waals surface area contributed by atoms with Crippen molar-refractivity contribution >= 4 is 16.9 Å². The van der Waals surface area contributed by atoms with Gasteiger partial charge >= 0.3 is 0 Å². The topological polar surface area (TPSA) is 57.8 Å². The van der Waals surface area contributed by atoms with Crippen molar-refractivity contribution in [2.24, 2.45) is 0 Å². The van der Waals surface area contributed by atoms with Crippen molar-refractivity contribution in [3.8, 4) is 0 Å². The summed E-state index contributed by atoms with van der Waals surface area (Å²) in [5, 5.41) is 3.02. The van der Waals surface area contributed by atoms with Crippen LogP contribution < -0.4 is 5.32 Å². The molecule has 3 aromatic rings. The third-order valence-electron chi connectivity index (χ3n) is 4.23. The molecule has 4 heteroatoms. The number of aromatic amines is 1. The first-order chi connectivity index (χ1) is 11.7. The van der Waals surface area contributed by atoms with Gasteiger partial charge in [0.2, 0.25) is 5.91 Å². The number of aromatic nitrogens is 2. The molecule has 0 radical (unpaired) electrons. The van der Waals surface area contributed by atoms with Gasteiger partial charge in [0.25, 0.3) is 0 Å². The molecule has 1 unspecified atom stereocenters. The number of amides is 1. The summed E-state index contributed by atoms with van der Waals surface area (Å²) in [6, 6.07) is 18.2. The highest BCUT2D eigenvalue weighted by Gasteiger charge is 2.08. The Kier molecular flexibility index (Phi) is 5.26. The van der Waals surface area contributed by atoms with E-state index in [1.165, 1.54) is 5.56 Å². The summed E-state index contributed by atoms with van der Waals surface area (Å²) in [5.41, 5.74) is 3.28. The van der Waals surface area contributed by atoms with Crippen LogP contribution in [-0.4, -0.2) is 22.4 Å². The van der Waals surface area contributed by atoms with Crippen molar-refractivity contribution in [3.05, 3.63) is 66.0 Å². The van der Waals surface area contributed by atoms with Gasteiger partial charge in [0.1, 0.15) is 5.82 Å². The molecule has 2 N–H and O–H groups in total. The van der Waals surface area contributed by atoms with E-state index < -0.39 is 0 Å². The Morgan fingerprint density at radius 1 is 1.12 bits per heavy atom. The Bertz CT molecular complexity index is 762. The number of hydrogen-bond acceptors (Lipinski definition) is 2. The van der Waals surface area contributed by atoms with E-state index in [9.17, 15) is 4.79 Å². The fourth-order valence-electron chi connectivity index (χ4n) is 2.80. The Balaban J connectivity index is 1.41. The van der Waals surface area contributed by atoms with E-state index in [0.717, 1.165) is 29.7 Å². The zero-order valence-corrected chi connectivity index (χ0v) is 14.0. The first-order valence-corrected chi connectivity index (χ1v) is 8.47. The number of rotatable bonds is 7. The van der Waals surface area contributed by atoms with E-state index in [2.05, 4.69) is 34.3 Å². The van der Waals surface area contributed by atoms with Crippen molar-refractivity contribution in [3.63, 3.8) is 0 Å². The molecular weight excluding hydrogens is 298 g/mol. The van der Waals surface area contributed by atoms with Gasteiger partial charge in [-0.15, -0.1) is 0 Å². The van der Waals surface area contributed by atoms with Gasteiger partial charge in [0.05, 0.1) is 11.0 Å². The van der Waals surface area contributed by atoms with Crippen molar-refractivity contribution in [2.45, 2.75) is 32.1 Å². The lowest BCUT2D eigenvalue weighted by Crippen LogP contribution is -2.27. The van der Waals surface area contributed by atoms with Crippen LogP contribution in [0.5, 0.6) is 0 Å². The molecule has 0 saturated heterocycles. The molecule has 0 spiro atoms. The lowest BCUT2D eigenvalue weighted by Gasteiger charge is -2.12. The van der Waals surface area contributed by atoms with E-state index in [-0.39, 0.29) is 5.91 Å². The minimum atomic E-state index is 0.105. The number of carbonyl (C=O) groups excluding carboxylic acids is 1. The van der Waals surface area contributed by atoms with Gasteiger partial charge in [0.15, 0.2) is 0 Å². The molecule has 24 heavy (non-hydrogen) atoms. The van der Waals surface area contributed by atoms with Crippen molar-refractivity contribution < 1.29 is 4.79 Å². The quantitative estimate of drug-likeness (QED) is 0.695. The summed E-state index contributed by atoms with van der Waals surface area (Å²) in [6.45, 7) is 2.80. The second kappa shape index (κ2) is 7.77. The van der Waals surface area contributed by atoms with Crippen LogP contribution in [0.25, 0.3) is 11.0 Å². The molecule has 1 amide bonds. The number of aryl methyl sites for hydroxylation is 1. The third-order valence-corrected chi connectivity index (χ3v) is 4.23. The Morgan fingerprint density at radius 3 is 2.67 bits per heavy atom.